The maximum absolute atomic E-state index is 10.3. The van der Waals surface area contributed by atoms with Crippen molar-refractivity contribution in [3.63, 3.8) is 0 Å². The third-order valence-electron chi connectivity index (χ3n) is 8.85. The summed E-state index contributed by atoms with van der Waals surface area (Å²) >= 11 is 0. The van der Waals surface area contributed by atoms with E-state index in [1.165, 1.54) is 44.9 Å². The van der Waals surface area contributed by atoms with Gasteiger partial charge in [0.2, 0.25) is 0 Å². The zero-order valence-electron chi connectivity index (χ0n) is 15.9. The Morgan fingerprint density at radius 2 is 1.84 bits per heavy atom. The van der Waals surface area contributed by atoms with Crippen molar-refractivity contribution in [2.45, 2.75) is 83.5 Å². The minimum absolute atomic E-state index is 0.142. The number of hydrogen-bond acceptors (Lipinski definition) is 3. The van der Waals surface area contributed by atoms with Gasteiger partial charge in [-0.2, -0.15) is 0 Å². The van der Waals surface area contributed by atoms with Gasteiger partial charge in [0, 0.05) is 12.8 Å². The van der Waals surface area contributed by atoms with Gasteiger partial charge < -0.3 is 14.6 Å². The van der Waals surface area contributed by atoms with Crippen molar-refractivity contribution >= 4 is 0 Å². The molecule has 0 radical (unpaired) electrons. The summed E-state index contributed by atoms with van der Waals surface area (Å²) in [6, 6.07) is 0. The molecule has 4 unspecified atom stereocenters. The molecular formula is C22H34O3. The number of aliphatic hydroxyl groups excluding tert-OH is 1. The zero-order chi connectivity index (χ0) is 17.2. The normalized spacial score (nSPS) is 46.7. The van der Waals surface area contributed by atoms with Gasteiger partial charge in [0.1, 0.15) is 0 Å². The van der Waals surface area contributed by atoms with Crippen molar-refractivity contribution in [3.05, 3.63) is 11.1 Å². The highest BCUT2D eigenvalue weighted by Gasteiger charge is 2.56. The first-order valence-corrected chi connectivity index (χ1v) is 10.7. The smallest absolute Gasteiger partial charge is 0.172 e. The standard InChI is InChI=1S/C22H34O3/c1-14(23)19-5-6-20-18-4-3-15-13-22(24-11-12-25-22)10-8-16(15)17(18)7-9-21(19,20)2/h14,17-20,23H,3-13H2,1-2H3/t14?,17?,18?,19-,20?,21-/m0/s1. The first-order chi connectivity index (χ1) is 12.0. The van der Waals surface area contributed by atoms with Crippen molar-refractivity contribution in [1.82, 2.24) is 0 Å². The maximum atomic E-state index is 10.3. The minimum Gasteiger partial charge on any atom is -0.393 e. The summed E-state index contributed by atoms with van der Waals surface area (Å²) in [4.78, 5) is 0. The van der Waals surface area contributed by atoms with Crippen molar-refractivity contribution < 1.29 is 14.6 Å². The van der Waals surface area contributed by atoms with E-state index in [0.717, 1.165) is 43.8 Å². The van der Waals surface area contributed by atoms with Crippen LogP contribution in [0, 0.1) is 29.1 Å². The fraction of sp³-hybridized carbons (Fsp3) is 0.909. The SMILES string of the molecule is CC(O)[C@@H]1CCC2C3CCC4=C(CCC5(C4)OCCO5)C3CC[C@]21C. The highest BCUT2D eigenvalue weighted by molar-refractivity contribution is 5.28. The van der Waals surface area contributed by atoms with Gasteiger partial charge in [-0.15, -0.1) is 0 Å². The Labute approximate surface area is 152 Å². The molecule has 140 valence electrons. The topological polar surface area (TPSA) is 38.7 Å². The second-order valence-electron chi connectivity index (χ2n) is 9.80. The Morgan fingerprint density at radius 1 is 1.04 bits per heavy atom. The molecule has 1 aliphatic heterocycles. The van der Waals surface area contributed by atoms with E-state index in [1.54, 1.807) is 11.1 Å². The second kappa shape index (κ2) is 5.81. The third kappa shape index (κ3) is 2.41. The van der Waals surface area contributed by atoms with Crippen LogP contribution in [0.1, 0.15) is 71.6 Å². The average molecular weight is 347 g/mol. The van der Waals surface area contributed by atoms with Crippen LogP contribution in [0.4, 0.5) is 0 Å². The van der Waals surface area contributed by atoms with Crippen LogP contribution in [0.3, 0.4) is 0 Å². The Morgan fingerprint density at radius 3 is 2.60 bits per heavy atom. The number of fused-ring (bicyclic) bond motifs is 4. The Kier molecular flexibility index (Phi) is 3.90. The van der Waals surface area contributed by atoms with Crippen molar-refractivity contribution in [3.8, 4) is 0 Å². The van der Waals surface area contributed by atoms with Crippen LogP contribution in [0.2, 0.25) is 0 Å². The number of aliphatic hydroxyl groups is 1. The summed E-state index contributed by atoms with van der Waals surface area (Å²) in [5, 5.41) is 10.3. The molecule has 0 aromatic rings. The van der Waals surface area contributed by atoms with E-state index < -0.39 is 0 Å². The van der Waals surface area contributed by atoms with Gasteiger partial charge in [0.15, 0.2) is 5.79 Å². The molecule has 1 N–H and O–H groups in total. The average Bonchev–Trinajstić information content (AvgIpc) is 3.18. The monoisotopic (exact) mass is 346 g/mol. The zero-order valence-corrected chi connectivity index (χ0v) is 15.9. The van der Waals surface area contributed by atoms with Gasteiger partial charge in [-0.25, -0.2) is 0 Å². The van der Waals surface area contributed by atoms with E-state index >= 15 is 0 Å². The van der Waals surface area contributed by atoms with Crippen LogP contribution < -0.4 is 0 Å². The molecule has 0 amide bonds. The summed E-state index contributed by atoms with van der Waals surface area (Å²) in [6.07, 6.45) is 11.0. The van der Waals surface area contributed by atoms with Crippen LogP contribution in [0.15, 0.2) is 11.1 Å². The van der Waals surface area contributed by atoms with Gasteiger partial charge in [-0.1, -0.05) is 18.1 Å². The van der Waals surface area contributed by atoms with Crippen LogP contribution in [0.5, 0.6) is 0 Å². The van der Waals surface area contributed by atoms with E-state index in [4.69, 9.17) is 9.47 Å². The van der Waals surface area contributed by atoms with Gasteiger partial charge >= 0.3 is 0 Å². The molecule has 5 aliphatic rings. The van der Waals surface area contributed by atoms with Crippen LogP contribution in [-0.2, 0) is 9.47 Å². The minimum atomic E-state index is -0.264. The first-order valence-electron chi connectivity index (χ1n) is 10.7. The fourth-order valence-electron chi connectivity index (χ4n) is 7.77. The second-order valence-corrected chi connectivity index (χ2v) is 9.80. The predicted molar refractivity (Wildman–Crippen MR) is 97.0 cm³/mol. The molecule has 0 bridgehead atoms. The lowest BCUT2D eigenvalue weighted by molar-refractivity contribution is -0.166. The molecule has 1 spiro atoms. The van der Waals surface area contributed by atoms with Crippen molar-refractivity contribution in [1.29, 1.82) is 0 Å². The third-order valence-corrected chi connectivity index (χ3v) is 8.85. The Balaban J connectivity index is 1.40. The van der Waals surface area contributed by atoms with E-state index in [-0.39, 0.29) is 11.9 Å². The van der Waals surface area contributed by atoms with Gasteiger partial charge in [0.05, 0.1) is 19.3 Å². The van der Waals surface area contributed by atoms with Gasteiger partial charge in [-0.05, 0) is 81.0 Å². The highest BCUT2D eigenvalue weighted by Crippen LogP contribution is 2.64. The predicted octanol–water partition coefficient (Wildman–Crippen LogP) is 4.44. The number of ether oxygens (including phenoxy) is 2. The number of allylic oxidation sites excluding steroid dienone is 1. The lowest BCUT2D eigenvalue weighted by atomic mass is 9.52. The summed E-state index contributed by atoms with van der Waals surface area (Å²) in [5.74, 6) is 2.76. The quantitative estimate of drug-likeness (QED) is 0.713. The molecule has 6 atom stereocenters. The summed E-state index contributed by atoms with van der Waals surface area (Å²) < 4.78 is 12.0. The lowest BCUT2D eigenvalue weighted by Gasteiger charge is -2.53. The van der Waals surface area contributed by atoms with E-state index in [2.05, 4.69) is 6.92 Å². The van der Waals surface area contributed by atoms with Gasteiger partial charge in [0.25, 0.3) is 0 Å². The molecule has 2 saturated carbocycles. The summed E-state index contributed by atoms with van der Waals surface area (Å²) in [7, 11) is 0. The molecule has 3 nitrogen and oxygen atoms in total. The molecule has 3 heteroatoms. The molecular weight excluding hydrogens is 312 g/mol. The van der Waals surface area contributed by atoms with Crippen molar-refractivity contribution in [2.24, 2.45) is 29.1 Å². The summed E-state index contributed by atoms with van der Waals surface area (Å²) in [6.45, 7) is 6.07. The molecule has 5 rings (SSSR count). The largest absolute Gasteiger partial charge is 0.393 e. The molecule has 0 aromatic carbocycles. The highest BCUT2D eigenvalue weighted by atomic mass is 16.7. The van der Waals surface area contributed by atoms with Crippen LogP contribution >= 0.6 is 0 Å². The molecule has 4 aliphatic carbocycles. The van der Waals surface area contributed by atoms with E-state index in [1.807, 2.05) is 6.92 Å². The van der Waals surface area contributed by atoms with Crippen LogP contribution in [0.25, 0.3) is 0 Å². The maximum Gasteiger partial charge on any atom is 0.172 e. The Hall–Kier alpha value is -0.380. The summed E-state index contributed by atoms with van der Waals surface area (Å²) in [5.41, 5.74) is 3.85. The van der Waals surface area contributed by atoms with E-state index in [9.17, 15) is 5.11 Å². The lowest BCUT2D eigenvalue weighted by Crippen LogP contribution is -2.46. The van der Waals surface area contributed by atoms with E-state index in [0.29, 0.717) is 11.3 Å². The first kappa shape index (κ1) is 16.8. The molecule has 25 heavy (non-hydrogen) atoms. The molecule has 1 heterocycles. The van der Waals surface area contributed by atoms with Crippen LogP contribution in [-0.4, -0.2) is 30.2 Å². The Bertz CT molecular complexity index is 574. The fourth-order valence-corrected chi connectivity index (χ4v) is 7.77. The number of rotatable bonds is 1. The molecule has 0 aromatic heterocycles. The molecule has 3 fully saturated rings. The molecule has 1 saturated heterocycles. The van der Waals surface area contributed by atoms with Gasteiger partial charge in [-0.3, -0.25) is 0 Å². The number of hydrogen-bond donors (Lipinski definition) is 1. The van der Waals surface area contributed by atoms with Crippen molar-refractivity contribution in [2.75, 3.05) is 13.2 Å².